The highest BCUT2D eigenvalue weighted by molar-refractivity contribution is 7.12. The number of carboxylic acids is 1. The van der Waals surface area contributed by atoms with Gasteiger partial charge in [-0.1, -0.05) is 0 Å². The lowest BCUT2D eigenvalue weighted by molar-refractivity contribution is -0.136. The van der Waals surface area contributed by atoms with E-state index in [9.17, 15) is 4.79 Å². The Morgan fingerprint density at radius 2 is 2.36 bits per heavy atom. The average molecular weight is 214 g/mol. The third-order valence-corrected chi connectivity index (χ3v) is 2.85. The van der Waals surface area contributed by atoms with E-state index in [0.29, 0.717) is 13.0 Å². The maximum absolute atomic E-state index is 10.4. The molecular formula is C10H14O3S. The molecule has 1 rings (SSSR count). The number of hydrogen-bond acceptors (Lipinski definition) is 3. The van der Waals surface area contributed by atoms with Crippen molar-refractivity contribution in [3.63, 3.8) is 0 Å². The highest BCUT2D eigenvalue weighted by Gasteiger charge is 2.09. The summed E-state index contributed by atoms with van der Waals surface area (Å²) in [5.74, 6) is 0.0785. The van der Waals surface area contributed by atoms with E-state index >= 15 is 0 Å². The van der Waals surface area contributed by atoms with Gasteiger partial charge in [-0.25, -0.2) is 0 Å². The van der Waals surface area contributed by atoms with Crippen LogP contribution in [0.4, 0.5) is 0 Å². The molecule has 0 unspecified atom stereocenters. The minimum Gasteiger partial charge on any atom is -0.493 e. The van der Waals surface area contributed by atoms with Crippen LogP contribution >= 0.6 is 11.3 Å². The molecule has 0 spiro atoms. The van der Waals surface area contributed by atoms with E-state index in [0.717, 1.165) is 15.5 Å². The van der Waals surface area contributed by atoms with Crippen LogP contribution in [0.5, 0.6) is 5.75 Å². The number of rotatable bonds is 5. The zero-order valence-corrected chi connectivity index (χ0v) is 9.19. The Bertz CT molecular complexity index is 317. The maximum Gasteiger partial charge on any atom is 0.303 e. The number of aliphatic carboxylic acids is 1. The maximum atomic E-state index is 10.4. The van der Waals surface area contributed by atoms with Crippen molar-refractivity contribution >= 4 is 17.3 Å². The second kappa shape index (κ2) is 5.00. The van der Waals surface area contributed by atoms with Crippen molar-refractivity contribution in [1.82, 2.24) is 0 Å². The smallest absolute Gasteiger partial charge is 0.303 e. The summed E-state index contributed by atoms with van der Waals surface area (Å²) in [5, 5.41) is 8.57. The fourth-order valence-electron chi connectivity index (χ4n) is 1.21. The van der Waals surface area contributed by atoms with Gasteiger partial charge >= 0.3 is 5.97 Å². The van der Waals surface area contributed by atoms with Crippen LogP contribution in [0.1, 0.15) is 23.1 Å². The first-order valence-corrected chi connectivity index (χ1v) is 5.39. The number of ether oxygens (including phenoxy) is 1. The van der Waals surface area contributed by atoms with Crippen molar-refractivity contribution in [2.24, 2.45) is 0 Å². The van der Waals surface area contributed by atoms with Crippen molar-refractivity contribution in [1.29, 1.82) is 0 Å². The standard InChI is InChI=1S/C10H14O3S/c1-3-13-8-6-7(2)14-9(8)4-5-10(11)12/h6H,3-5H2,1-2H3,(H,11,12). The Morgan fingerprint density at radius 1 is 1.64 bits per heavy atom. The molecule has 3 nitrogen and oxygen atoms in total. The van der Waals surface area contributed by atoms with Crippen LogP contribution < -0.4 is 4.74 Å². The molecule has 0 saturated heterocycles. The van der Waals surface area contributed by atoms with Crippen LogP contribution in [0.2, 0.25) is 0 Å². The van der Waals surface area contributed by atoms with Gasteiger partial charge in [-0.3, -0.25) is 4.79 Å². The summed E-state index contributed by atoms with van der Waals surface area (Å²) < 4.78 is 5.41. The summed E-state index contributed by atoms with van der Waals surface area (Å²) in [7, 11) is 0. The van der Waals surface area contributed by atoms with Gasteiger partial charge in [0, 0.05) is 9.75 Å². The lowest BCUT2D eigenvalue weighted by Crippen LogP contribution is -1.98. The van der Waals surface area contributed by atoms with E-state index in [1.165, 1.54) is 0 Å². The number of carboxylic acid groups (broad SMARTS) is 1. The highest BCUT2D eigenvalue weighted by atomic mass is 32.1. The molecule has 4 heteroatoms. The van der Waals surface area contributed by atoms with Gasteiger partial charge in [-0.2, -0.15) is 0 Å². The second-order valence-corrected chi connectivity index (χ2v) is 4.31. The molecule has 0 saturated carbocycles. The monoisotopic (exact) mass is 214 g/mol. The largest absolute Gasteiger partial charge is 0.493 e. The molecule has 0 radical (unpaired) electrons. The Balaban J connectivity index is 2.68. The molecule has 14 heavy (non-hydrogen) atoms. The molecule has 1 heterocycles. The summed E-state index contributed by atoms with van der Waals surface area (Å²) in [6.07, 6.45) is 0.725. The fraction of sp³-hybridized carbons (Fsp3) is 0.500. The molecule has 0 aliphatic rings. The first-order chi connectivity index (χ1) is 6.63. The predicted octanol–water partition coefficient (Wildman–Crippen LogP) is 2.47. The second-order valence-electron chi connectivity index (χ2n) is 2.97. The number of carbonyl (C=O) groups is 1. The summed E-state index contributed by atoms with van der Waals surface area (Å²) >= 11 is 1.61. The molecule has 1 aromatic heterocycles. The first-order valence-electron chi connectivity index (χ1n) is 4.57. The summed E-state index contributed by atoms with van der Waals surface area (Å²) in [4.78, 5) is 12.6. The van der Waals surface area contributed by atoms with E-state index < -0.39 is 5.97 Å². The topological polar surface area (TPSA) is 46.5 Å². The molecule has 0 aliphatic carbocycles. The van der Waals surface area contributed by atoms with Gasteiger partial charge in [0.1, 0.15) is 5.75 Å². The van der Waals surface area contributed by atoms with Crippen LogP contribution in [0.15, 0.2) is 6.07 Å². The predicted molar refractivity (Wildman–Crippen MR) is 56.2 cm³/mol. The minimum atomic E-state index is -0.765. The summed E-state index contributed by atoms with van der Waals surface area (Å²) in [6.45, 7) is 4.54. The molecular weight excluding hydrogens is 200 g/mol. The van der Waals surface area contributed by atoms with E-state index in [4.69, 9.17) is 9.84 Å². The molecule has 0 amide bonds. The van der Waals surface area contributed by atoms with Gasteiger partial charge in [0.15, 0.2) is 0 Å². The highest BCUT2D eigenvalue weighted by Crippen LogP contribution is 2.29. The minimum absolute atomic E-state index is 0.167. The van der Waals surface area contributed by atoms with Gasteiger partial charge in [0.2, 0.25) is 0 Å². The van der Waals surface area contributed by atoms with E-state index in [1.54, 1.807) is 11.3 Å². The van der Waals surface area contributed by atoms with E-state index in [2.05, 4.69) is 0 Å². The van der Waals surface area contributed by atoms with Gasteiger partial charge in [0.25, 0.3) is 0 Å². The molecule has 0 bridgehead atoms. The van der Waals surface area contributed by atoms with Crippen LogP contribution in [0.3, 0.4) is 0 Å². The zero-order chi connectivity index (χ0) is 10.6. The van der Waals surface area contributed by atoms with Crippen molar-refractivity contribution in [2.45, 2.75) is 26.7 Å². The SMILES string of the molecule is CCOc1cc(C)sc1CCC(=O)O. The molecule has 0 fully saturated rings. The summed E-state index contributed by atoms with van der Waals surface area (Å²) in [6, 6.07) is 1.96. The van der Waals surface area contributed by atoms with E-state index in [1.807, 2.05) is 19.9 Å². The van der Waals surface area contributed by atoms with Crippen molar-refractivity contribution in [3.05, 3.63) is 15.8 Å². The molecule has 0 atom stereocenters. The van der Waals surface area contributed by atoms with Crippen LogP contribution in [0, 0.1) is 6.92 Å². The summed E-state index contributed by atoms with van der Waals surface area (Å²) in [5.41, 5.74) is 0. The third kappa shape index (κ3) is 3.03. The van der Waals surface area contributed by atoms with Gasteiger partial charge in [0.05, 0.1) is 13.0 Å². The van der Waals surface area contributed by atoms with Crippen molar-refractivity contribution in [3.8, 4) is 5.75 Å². The third-order valence-electron chi connectivity index (χ3n) is 1.76. The Hall–Kier alpha value is -1.03. The van der Waals surface area contributed by atoms with Gasteiger partial charge in [-0.15, -0.1) is 11.3 Å². The normalized spacial score (nSPS) is 10.1. The average Bonchev–Trinajstić information content (AvgIpc) is 2.44. The quantitative estimate of drug-likeness (QED) is 0.819. The van der Waals surface area contributed by atoms with E-state index in [-0.39, 0.29) is 6.42 Å². The lowest BCUT2D eigenvalue weighted by Gasteiger charge is -2.02. The fourth-order valence-corrected chi connectivity index (χ4v) is 2.19. The molecule has 78 valence electrons. The van der Waals surface area contributed by atoms with Crippen LogP contribution in [-0.4, -0.2) is 17.7 Å². The number of thiophene rings is 1. The van der Waals surface area contributed by atoms with Gasteiger partial charge in [-0.05, 0) is 26.3 Å². The van der Waals surface area contributed by atoms with Crippen molar-refractivity contribution in [2.75, 3.05) is 6.61 Å². The lowest BCUT2D eigenvalue weighted by atomic mass is 10.2. The van der Waals surface area contributed by atoms with Gasteiger partial charge < -0.3 is 9.84 Å². The molecule has 0 aliphatic heterocycles. The Kier molecular flexibility index (Phi) is 3.95. The Labute approximate surface area is 87.3 Å². The van der Waals surface area contributed by atoms with Crippen molar-refractivity contribution < 1.29 is 14.6 Å². The zero-order valence-electron chi connectivity index (χ0n) is 8.37. The molecule has 0 aromatic carbocycles. The number of aryl methyl sites for hydroxylation is 2. The van der Waals surface area contributed by atoms with Crippen LogP contribution in [0.25, 0.3) is 0 Å². The molecule has 1 N–H and O–H groups in total. The Morgan fingerprint density at radius 3 is 2.93 bits per heavy atom. The molecule has 1 aromatic rings. The first kappa shape index (κ1) is 11.0. The van der Waals surface area contributed by atoms with Crippen LogP contribution in [-0.2, 0) is 11.2 Å². The number of hydrogen-bond donors (Lipinski definition) is 1.